The minimum absolute atomic E-state index is 0.0485. The van der Waals surface area contributed by atoms with Crippen molar-refractivity contribution in [1.82, 2.24) is 15.5 Å². The molecule has 1 atom stereocenters. The molecule has 0 radical (unpaired) electrons. The number of piperidine rings is 1. The van der Waals surface area contributed by atoms with Crippen molar-refractivity contribution in [3.63, 3.8) is 0 Å². The van der Waals surface area contributed by atoms with Gasteiger partial charge in [0.2, 0.25) is 5.91 Å². The maximum atomic E-state index is 13.1. The fraction of sp³-hybridized carbons (Fsp3) is 0.565. The van der Waals surface area contributed by atoms with Gasteiger partial charge in [0.05, 0.1) is 5.69 Å². The Morgan fingerprint density at radius 2 is 1.53 bits per heavy atom. The van der Waals surface area contributed by atoms with Crippen molar-refractivity contribution in [2.24, 2.45) is 10.8 Å². The van der Waals surface area contributed by atoms with E-state index in [1.807, 2.05) is 30.3 Å². The SMILES string of the molecule is NC(=O)C1CC(C(=O)N2CCC(NC(=O)NC3CCCCC3)CC2)=NN1c1ccccc1. The van der Waals surface area contributed by atoms with Crippen molar-refractivity contribution < 1.29 is 14.4 Å². The second-order valence-corrected chi connectivity index (χ2v) is 8.87. The van der Waals surface area contributed by atoms with Crippen LogP contribution in [0.25, 0.3) is 0 Å². The summed E-state index contributed by atoms with van der Waals surface area (Å²) < 4.78 is 0. The van der Waals surface area contributed by atoms with E-state index < -0.39 is 11.9 Å². The van der Waals surface area contributed by atoms with E-state index in [0.29, 0.717) is 31.6 Å². The number of anilines is 1. The molecule has 4 rings (SSSR count). The molecule has 2 aliphatic heterocycles. The van der Waals surface area contributed by atoms with E-state index in [1.54, 1.807) is 9.91 Å². The van der Waals surface area contributed by atoms with Crippen LogP contribution in [0.15, 0.2) is 35.4 Å². The van der Waals surface area contributed by atoms with E-state index >= 15 is 0 Å². The first-order valence-electron chi connectivity index (χ1n) is 11.6. The first kappa shape index (κ1) is 22.1. The van der Waals surface area contributed by atoms with E-state index in [9.17, 15) is 14.4 Å². The van der Waals surface area contributed by atoms with Crippen molar-refractivity contribution in [2.75, 3.05) is 18.1 Å². The van der Waals surface area contributed by atoms with Crippen molar-refractivity contribution in [3.8, 4) is 0 Å². The molecular weight excluding hydrogens is 408 g/mol. The Morgan fingerprint density at radius 3 is 2.16 bits per heavy atom. The van der Waals surface area contributed by atoms with Crippen LogP contribution in [0.3, 0.4) is 0 Å². The highest BCUT2D eigenvalue weighted by Crippen LogP contribution is 2.25. The summed E-state index contributed by atoms with van der Waals surface area (Å²) in [5.74, 6) is -0.674. The molecule has 1 aromatic carbocycles. The molecule has 172 valence electrons. The zero-order valence-corrected chi connectivity index (χ0v) is 18.3. The largest absolute Gasteiger partial charge is 0.368 e. The highest BCUT2D eigenvalue weighted by molar-refractivity contribution is 6.40. The number of para-hydroxylation sites is 1. The Hall–Kier alpha value is -3.10. The van der Waals surface area contributed by atoms with Gasteiger partial charge >= 0.3 is 6.03 Å². The first-order chi connectivity index (χ1) is 15.5. The summed E-state index contributed by atoms with van der Waals surface area (Å²) in [7, 11) is 0. The minimum Gasteiger partial charge on any atom is -0.368 e. The fourth-order valence-electron chi connectivity index (χ4n) is 4.75. The Labute approximate surface area is 188 Å². The van der Waals surface area contributed by atoms with Crippen molar-refractivity contribution in [2.45, 2.75) is 69.5 Å². The quantitative estimate of drug-likeness (QED) is 0.646. The van der Waals surface area contributed by atoms with Gasteiger partial charge in [-0.05, 0) is 37.8 Å². The number of hydrogen-bond donors (Lipinski definition) is 3. The van der Waals surface area contributed by atoms with Crippen molar-refractivity contribution >= 4 is 29.2 Å². The molecule has 3 aliphatic rings. The van der Waals surface area contributed by atoms with E-state index in [-0.39, 0.29) is 30.4 Å². The molecule has 0 aromatic heterocycles. The predicted molar refractivity (Wildman–Crippen MR) is 122 cm³/mol. The molecule has 9 nitrogen and oxygen atoms in total. The van der Waals surface area contributed by atoms with Crippen LogP contribution in [0.5, 0.6) is 0 Å². The third-order valence-electron chi connectivity index (χ3n) is 6.56. The number of carbonyl (C=O) groups is 3. The number of hydrogen-bond acceptors (Lipinski definition) is 5. The number of nitrogens with zero attached hydrogens (tertiary/aromatic N) is 3. The normalized spacial score (nSPS) is 22.4. The van der Waals surface area contributed by atoms with Gasteiger partial charge in [-0.25, -0.2) is 4.79 Å². The number of nitrogens with one attached hydrogen (secondary N) is 2. The van der Waals surface area contributed by atoms with E-state index in [4.69, 9.17) is 5.73 Å². The molecule has 2 fully saturated rings. The molecule has 9 heteroatoms. The molecule has 1 aliphatic carbocycles. The molecule has 32 heavy (non-hydrogen) atoms. The van der Waals surface area contributed by atoms with Gasteiger partial charge in [0.1, 0.15) is 11.8 Å². The van der Waals surface area contributed by atoms with E-state index in [0.717, 1.165) is 18.5 Å². The topological polar surface area (TPSA) is 120 Å². The summed E-state index contributed by atoms with van der Waals surface area (Å²) in [4.78, 5) is 39.1. The van der Waals surface area contributed by atoms with Gasteiger partial charge in [0.25, 0.3) is 5.91 Å². The van der Waals surface area contributed by atoms with Crippen LogP contribution in [0.2, 0.25) is 0 Å². The summed E-state index contributed by atoms with van der Waals surface area (Å²) in [6.45, 7) is 1.08. The zero-order valence-electron chi connectivity index (χ0n) is 18.3. The van der Waals surface area contributed by atoms with Crippen LogP contribution >= 0.6 is 0 Å². The summed E-state index contributed by atoms with van der Waals surface area (Å²) in [5, 5.41) is 12.1. The van der Waals surface area contributed by atoms with E-state index in [2.05, 4.69) is 15.7 Å². The molecule has 0 bridgehead atoms. The van der Waals surface area contributed by atoms with E-state index in [1.165, 1.54) is 19.3 Å². The van der Waals surface area contributed by atoms with Crippen LogP contribution in [-0.2, 0) is 9.59 Å². The van der Waals surface area contributed by atoms with Crippen LogP contribution in [-0.4, -0.2) is 59.7 Å². The van der Waals surface area contributed by atoms with Crippen LogP contribution in [0, 0.1) is 0 Å². The van der Waals surface area contributed by atoms with Gasteiger partial charge in [-0.1, -0.05) is 37.5 Å². The van der Waals surface area contributed by atoms with Gasteiger partial charge in [-0.3, -0.25) is 14.6 Å². The molecule has 1 saturated carbocycles. The maximum Gasteiger partial charge on any atom is 0.315 e. The van der Waals surface area contributed by atoms with Gasteiger partial charge in [0, 0.05) is 31.6 Å². The monoisotopic (exact) mass is 440 g/mol. The zero-order chi connectivity index (χ0) is 22.5. The average Bonchev–Trinajstić information content (AvgIpc) is 3.26. The molecule has 4 N–H and O–H groups in total. The number of primary amides is 1. The highest BCUT2D eigenvalue weighted by atomic mass is 16.2. The number of nitrogens with two attached hydrogens (primary N) is 1. The van der Waals surface area contributed by atoms with Gasteiger partial charge in [-0.15, -0.1) is 0 Å². The number of amides is 4. The Bertz CT molecular complexity index is 860. The second-order valence-electron chi connectivity index (χ2n) is 8.87. The second kappa shape index (κ2) is 10.0. The summed E-state index contributed by atoms with van der Waals surface area (Å²) in [6.07, 6.45) is 7.29. The predicted octanol–water partition coefficient (Wildman–Crippen LogP) is 1.73. The lowest BCUT2D eigenvalue weighted by Gasteiger charge is -2.33. The summed E-state index contributed by atoms with van der Waals surface area (Å²) in [5.41, 5.74) is 6.65. The first-order valence-corrected chi connectivity index (χ1v) is 11.6. The lowest BCUT2D eigenvalue weighted by Crippen LogP contribution is -2.51. The van der Waals surface area contributed by atoms with Gasteiger partial charge in [-0.2, -0.15) is 5.10 Å². The lowest BCUT2D eigenvalue weighted by atomic mass is 9.96. The van der Waals surface area contributed by atoms with Crippen molar-refractivity contribution in [3.05, 3.63) is 30.3 Å². The molecular formula is C23H32N6O3. The standard InChI is InChI=1S/C23H32N6O3/c24-21(30)20-15-19(27-29(20)18-9-5-2-6-10-18)22(31)28-13-11-17(12-14-28)26-23(32)25-16-7-3-1-4-8-16/h2,5-6,9-10,16-17,20H,1,3-4,7-8,11-15H2,(H2,24,30)(H2,25,26,32). The average molecular weight is 441 g/mol. The Morgan fingerprint density at radius 1 is 0.906 bits per heavy atom. The third kappa shape index (κ3) is 5.20. The van der Waals surface area contributed by atoms with Gasteiger partial charge < -0.3 is 21.3 Å². The number of hydrazone groups is 1. The number of rotatable bonds is 5. The molecule has 0 spiro atoms. The Kier molecular flexibility index (Phi) is 6.92. The van der Waals surface area contributed by atoms with Crippen LogP contribution in [0.4, 0.5) is 10.5 Å². The number of benzene rings is 1. The molecule has 1 saturated heterocycles. The number of carbonyl (C=O) groups excluding carboxylic acids is 3. The third-order valence-corrected chi connectivity index (χ3v) is 6.56. The lowest BCUT2D eigenvalue weighted by molar-refractivity contribution is -0.125. The van der Waals surface area contributed by atoms with Crippen LogP contribution < -0.4 is 21.4 Å². The molecule has 4 amide bonds. The minimum atomic E-state index is -0.668. The fourth-order valence-corrected chi connectivity index (χ4v) is 4.75. The number of urea groups is 1. The number of likely N-dealkylation sites (tertiary alicyclic amines) is 1. The summed E-state index contributed by atoms with van der Waals surface area (Å²) >= 11 is 0. The van der Waals surface area contributed by atoms with Crippen molar-refractivity contribution in [1.29, 1.82) is 0 Å². The molecule has 1 aromatic rings. The highest BCUT2D eigenvalue weighted by Gasteiger charge is 2.37. The molecule has 2 heterocycles. The Balaban J connectivity index is 1.30. The summed E-state index contributed by atoms with van der Waals surface area (Å²) in [6, 6.07) is 8.80. The maximum absolute atomic E-state index is 13.1. The van der Waals surface area contributed by atoms with Crippen LogP contribution in [0.1, 0.15) is 51.4 Å². The smallest absolute Gasteiger partial charge is 0.315 e. The van der Waals surface area contributed by atoms with Gasteiger partial charge in [0.15, 0.2) is 0 Å². The molecule has 1 unspecified atom stereocenters.